The number of carbonyl (C=O) groups is 1. The quantitative estimate of drug-likeness (QED) is 0.921. The van der Waals surface area contributed by atoms with Crippen LogP contribution in [0.15, 0.2) is 48.0 Å². The van der Waals surface area contributed by atoms with Gasteiger partial charge in [0.05, 0.1) is 16.2 Å². The zero-order chi connectivity index (χ0) is 15.5. The predicted octanol–water partition coefficient (Wildman–Crippen LogP) is 3.63. The zero-order valence-corrected chi connectivity index (χ0v) is 12.2. The molecule has 22 heavy (non-hydrogen) atoms. The molecule has 5 heteroatoms. The van der Waals surface area contributed by atoms with Crippen LogP contribution in [0.1, 0.15) is 11.1 Å². The van der Waals surface area contributed by atoms with E-state index in [1.54, 1.807) is 24.3 Å². The number of fused-ring (bicyclic) bond motifs is 1. The second-order valence-electron chi connectivity index (χ2n) is 4.76. The Morgan fingerprint density at radius 2 is 2.09 bits per heavy atom. The second kappa shape index (κ2) is 5.92. The second-order valence-corrected chi connectivity index (χ2v) is 5.16. The minimum atomic E-state index is -0.254. The first kappa shape index (κ1) is 14.2. The standard InChI is InChI=1S/C17H11ClN2O2/c18-15-8-14(6-5-12(15)9-19)20-17(21)13-7-11-3-1-2-4-16(11)22-10-13/h1-8H,10H2,(H,20,21). The van der Waals surface area contributed by atoms with E-state index < -0.39 is 0 Å². The fourth-order valence-corrected chi connectivity index (χ4v) is 2.36. The topological polar surface area (TPSA) is 62.1 Å². The van der Waals surface area contributed by atoms with Crippen LogP contribution in [0.2, 0.25) is 5.02 Å². The summed E-state index contributed by atoms with van der Waals surface area (Å²) in [6, 6.07) is 14.3. The van der Waals surface area contributed by atoms with E-state index in [1.807, 2.05) is 30.3 Å². The molecule has 0 bridgehead atoms. The van der Waals surface area contributed by atoms with E-state index in [9.17, 15) is 4.79 Å². The summed E-state index contributed by atoms with van der Waals surface area (Å²) in [7, 11) is 0. The van der Waals surface area contributed by atoms with Crippen LogP contribution in [0.3, 0.4) is 0 Å². The molecule has 0 saturated heterocycles. The van der Waals surface area contributed by atoms with Crippen LogP contribution in [0.4, 0.5) is 5.69 Å². The molecule has 1 aliphatic rings. The largest absolute Gasteiger partial charge is 0.488 e. The van der Waals surface area contributed by atoms with Gasteiger partial charge in [-0.3, -0.25) is 4.79 Å². The highest BCUT2D eigenvalue weighted by molar-refractivity contribution is 6.32. The molecule has 0 fully saturated rings. The van der Waals surface area contributed by atoms with Crippen LogP contribution in [-0.2, 0) is 4.79 Å². The molecule has 0 aromatic heterocycles. The van der Waals surface area contributed by atoms with Crippen molar-refractivity contribution in [3.63, 3.8) is 0 Å². The summed E-state index contributed by atoms with van der Waals surface area (Å²) in [4.78, 5) is 12.3. The van der Waals surface area contributed by atoms with E-state index in [0.717, 1.165) is 11.3 Å². The number of nitrogens with one attached hydrogen (secondary N) is 1. The van der Waals surface area contributed by atoms with Gasteiger partial charge in [0, 0.05) is 11.3 Å². The molecular formula is C17H11ClN2O2. The molecular weight excluding hydrogens is 300 g/mol. The van der Waals surface area contributed by atoms with Crippen LogP contribution < -0.4 is 10.1 Å². The fourth-order valence-electron chi connectivity index (χ4n) is 2.14. The van der Waals surface area contributed by atoms with E-state index in [2.05, 4.69) is 5.32 Å². The summed E-state index contributed by atoms with van der Waals surface area (Å²) in [6.45, 7) is 0.215. The maximum Gasteiger partial charge on any atom is 0.255 e. The lowest BCUT2D eigenvalue weighted by Crippen LogP contribution is -2.21. The average Bonchev–Trinajstić information content (AvgIpc) is 2.54. The number of ether oxygens (including phenoxy) is 1. The Bertz CT molecular complexity index is 822. The normalized spacial score (nSPS) is 12.5. The molecule has 2 aromatic carbocycles. The van der Waals surface area contributed by atoms with E-state index in [-0.39, 0.29) is 12.5 Å². The molecule has 1 amide bonds. The number of nitriles is 1. The van der Waals surface area contributed by atoms with Crippen molar-refractivity contribution in [3.8, 4) is 11.8 Å². The highest BCUT2D eigenvalue weighted by atomic mass is 35.5. The van der Waals surface area contributed by atoms with Crippen LogP contribution >= 0.6 is 11.6 Å². The Balaban J connectivity index is 1.80. The first-order valence-electron chi connectivity index (χ1n) is 6.61. The lowest BCUT2D eigenvalue weighted by Gasteiger charge is -2.17. The third-order valence-corrected chi connectivity index (χ3v) is 3.58. The van der Waals surface area contributed by atoms with Gasteiger partial charge in [-0.05, 0) is 30.3 Å². The molecule has 0 radical (unpaired) electrons. The van der Waals surface area contributed by atoms with Gasteiger partial charge in [0.25, 0.3) is 5.91 Å². The van der Waals surface area contributed by atoms with Crippen LogP contribution in [0, 0.1) is 11.3 Å². The Labute approximate surface area is 132 Å². The first-order chi connectivity index (χ1) is 10.7. The fraction of sp³-hybridized carbons (Fsp3) is 0.0588. The third kappa shape index (κ3) is 2.80. The van der Waals surface area contributed by atoms with Gasteiger partial charge in [0.1, 0.15) is 18.4 Å². The van der Waals surface area contributed by atoms with Crippen LogP contribution in [-0.4, -0.2) is 12.5 Å². The number of carbonyl (C=O) groups excluding carboxylic acids is 1. The van der Waals surface area contributed by atoms with Crippen molar-refractivity contribution < 1.29 is 9.53 Å². The number of hydrogen-bond acceptors (Lipinski definition) is 3. The number of benzene rings is 2. The summed E-state index contributed by atoms with van der Waals surface area (Å²) in [5, 5.41) is 11.9. The van der Waals surface area contributed by atoms with Crippen LogP contribution in [0.5, 0.6) is 5.75 Å². The molecule has 4 nitrogen and oxygen atoms in total. The van der Waals surface area contributed by atoms with Gasteiger partial charge < -0.3 is 10.1 Å². The van der Waals surface area contributed by atoms with Gasteiger partial charge in [0.15, 0.2) is 0 Å². The molecule has 1 aliphatic heterocycles. The first-order valence-corrected chi connectivity index (χ1v) is 6.98. The lowest BCUT2D eigenvalue weighted by molar-refractivity contribution is -0.113. The Morgan fingerprint density at radius 3 is 2.86 bits per heavy atom. The summed E-state index contributed by atoms with van der Waals surface area (Å²) in [5.41, 5.74) is 2.30. The SMILES string of the molecule is N#Cc1ccc(NC(=O)C2=Cc3ccccc3OC2)cc1Cl. The highest BCUT2D eigenvalue weighted by Crippen LogP contribution is 2.26. The molecule has 0 saturated carbocycles. The molecule has 1 N–H and O–H groups in total. The van der Waals surface area contributed by atoms with E-state index in [1.165, 1.54) is 0 Å². The molecule has 0 unspecified atom stereocenters. The molecule has 0 atom stereocenters. The van der Waals surface area contributed by atoms with Crippen molar-refractivity contribution in [2.24, 2.45) is 0 Å². The van der Waals surface area contributed by atoms with E-state index in [0.29, 0.717) is 21.8 Å². The van der Waals surface area contributed by atoms with E-state index in [4.69, 9.17) is 21.6 Å². The molecule has 2 aromatic rings. The number of hydrogen-bond donors (Lipinski definition) is 1. The van der Waals surface area contributed by atoms with Gasteiger partial charge in [-0.2, -0.15) is 5.26 Å². The number of nitrogens with zero attached hydrogens (tertiary/aromatic N) is 1. The maximum atomic E-state index is 12.3. The minimum Gasteiger partial charge on any atom is -0.488 e. The number of halogens is 1. The van der Waals surface area contributed by atoms with Crippen molar-refractivity contribution >= 4 is 29.3 Å². The number of para-hydroxylation sites is 1. The lowest BCUT2D eigenvalue weighted by atomic mass is 10.1. The van der Waals surface area contributed by atoms with Gasteiger partial charge in [-0.1, -0.05) is 29.8 Å². The van der Waals surface area contributed by atoms with Gasteiger partial charge >= 0.3 is 0 Å². The molecule has 0 spiro atoms. The Kier molecular flexibility index (Phi) is 3.82. The minimum absolute atomic E-state index is 0.215. The Hall–Kier alpha value is -2.77. The van der Waals surface area contributed by atoms with Crippen LogP contribution in [0.25, 0.3) is 6.08 Å². The van der Waals surface area contributed by atoms with E-state index >= 15 is 0 Å². The van der Waals surface area contributed by atoms with Gasteiger partial charge in [0.2, 0.25) is 0 Å². The summed E-state index contributed by atoms with van der Waals surface area (Å²) in [6.07, 6.45) is 1.80. The number of anilines is 1. The molecule has 1 heterocycles. The number of amides is 1. The smallest absolute Gasteiger partial charge is 0.255 e. The predicted molar refractivity (Wildman–Crippen MR) is 84.7 cm³/mol. The zero-order valence-electron chi connectivity index (χ0n) is 11.5. The molecule has 108 valence electrons. The van der Waals surface area contributed by atoms with Crippen molar-refractivity contribution in [2.45, 2.75) is 0 Å². The third-order valence-electron chi connectivity index (χ3n) is 3.27. The van der Waals surface area contributed by atoms with Gasteiger partial charge in [-0.25, -0.2) is 0 Å². The van der Waals surface area contributed by atoms with Crippen molar-refractivity contribution in [3.05, 3.63) is 64.2 Å². The molecule has 3 rings (SSSR count). The number of rotatable bonds is 2. The van der Waals surface area contributed by atoms with Gasteiger partial charge in [-0.15, -0.1) is 0 Å². The maximum absolute atomic E-state index is 12.3. The summed E-state index contributed by atoms with van der Waals surface area (Å²) in [5.74, 6) is 0.510. The van der Waals surface area contributed by atoms with Crippen molar-refractivity contribution in [1.82, 2.24) is 0 Å². The average molecular weight is 311 g/mol. The highest BCUT2D eigenvalue weighted by Gasteiger charge is 2.17. The van der Waals surface area contributed by atoms with Crippen molar-refractivity contribution in [2.75, 3.05) is 11.9 Å². The monoisotopic (exact) mass is 310 g/mol. The molecule has 0 aliphatic carbocycles. The van der Waals surface area contributed by atoms with Crippen molar-refractivity contribution in [1.29, 1.82) is 5.26 Å². The summed E-state index contributed by atoms with van der Waals surface area (Å²) < 4.78 is 5.56. The summed E-state index contributed by atoms with van der Waals surface area (Å²) >= 11 is 5.95. The Morgan fingerprint density at radius 1 is 1.27 bits per heavy atom.